The molecule has 7 heteroatoms. The van der Waals surface area contributed by atoms with Gasteiger partial charge in [-0.3, -0.25) is 9.59 Å². The fourth-order valence-electron chi connectivity index (χ4n) is 3.12. The molecular weight excluding hydrogens is 399 g/mol. The zero-order valence-electron chi connectivity index (χ0n) is 15.8. The van der Waals surface area contributed by atoms with E-state index in [1.807, 2.05) is 6.92 Å². The van der Waals surface area contributed by atoms with Gasteiger partial charge in [-0.05, 0) is 68.7 Å². The Hall–Kier alpha value is -2.24. The van der Waals surface area contributed by atoms with Gasteiger partial charge in [-0.15, -0.1) is 0 Å². The Morgan fingerprint density at radius 1 is 1.07 bits per heavy atom. The van der Waals surface area contributed by atoms with E-state index in [1.54, 1.807) is 48.2 Å². The van der Waals surface area contributed by atoms with Crippen LogP contribution in [0.25, 0.3) is 0 Å². The second kappa shape index (κ2) is 8.84. The van der Waals surface area contributed by atoms with Gasteiger partial charge in [-0.1, -0.05) is 23.2 Å². The largest absolute Gasteiger partial charge is 0.481 e. The Morgan fingerprint density at radius 2 is 1.71 bits per heavy atom. The van der Waals surface area contributed by atoms with Crippen LogP contribution < -0.4 is 10.1 Å². The van der Waals surface area contributed by atoms with E-state index >= 15 is 0 Å². The van der Waals surface area contributed by atoms with Crippen molar-refractivity contribution < 1.29 is 14.3 Å². The van der Waals surface area contributed by atoms with E-state index in [-0.39, 0.29) is 11.8 Å². The molecule has 3 rings (SSSR count). The maximum absolute atomic E-state index is 12.8. The monoisotopic (exact) mass is 420 g/mol. The molecular formula is C21H22Cl2N2O3. The zero-order valence-corrected chi connectivity index (χ0v) is 17.3. The Balaban J connectivity index is 1.75. The van der Waals surface area contributed by atoms with Crippen LogP contribution in [0.1, 0.15) is 35.7 Å². The summed E-state index contributed by atoms with van der Waals surface area (Å²) in [6.45, 7) is 4.96. The number of nitrogens with one attached hydrogen (secondary N) is 1. The molecule has 2 amide bonds. The van der Waals surface area contributed by atoms with Crippen LogP contribution in [0.3, 0.4) is 0 Å². The first-order valence-electron chi connectivity index (χ1n) is 9.17. The van der Waals surface area contributed by atoms with Crippen molar-refractivity contribution in [1.29, 1.82) is 0 Å². The molecule has 1 fully saturated rings. The molecule has 1 aliphatic rings. The Bertz CT molecular complexity index is 895. The first-order valence-corrected chi connectivity index (χ1v) is 9.93. The molecule has 2 aromatic carbocycles. The van der Waals surface area contributed by atoms with Crippen molar-refractivity contribution in [3.8, 4) is 5.75 Å². The number of hydrogen-bond acceptors (Lipinski definition) is 3. The van der Waals surface area contributed by atoms with Gasteiger partial charge in [0, 0.05) is 23.1 Å². The van der Waals surface area contributed by atoms with Crippen LogP contribution in [0.2, 0.25) is 10.0 Å². The maximum Gasteiger partial charge on any atom is 0.265 e. The minimum absolute atomic E-state index is 0.105. The van der Waals surface area contributed by atoms with Crippen molar-refractivity contribution in [2.24, 2.45) is 0 Å². The number of carbonyl (C=O) groups excluding carboxylic acids is 2. The number of ether oxygens (including phenoxy) is 1. The Kier molecular flexibility index (Phi) is 6.47. The number of carbonyl (C=O) groups is 2. The van der Waals surface area contributed by atoms with Crippen LogP contribution in [-0.2, 0) is 4.79 Å². The van der Waals surface area contributed by atoms with Crippen LogP contribution in [0.4, 0.5) is 5.69 Å². The predicted octanol–water partition coefficient (Wildman–Crippen LogP) is 4.94. The van der Waals surface area contributed by atoms with Gasteiger partial charge in [0.25, 0.3) is 11.8 Å². The number of anilines is 1. The lowest BCUT2D eigenvalue weighted by Gasteiger charge is -2.20. The van der Waals surface area contributed by atoms with Gasteiger partial charge in [-0.2, -0.15) is 0 Å². The fraction of sp³-hybridized carbons (Fsp3) is 0.333. The van der Waals surface area contributed by atoms with E-state index in [2.05, 4.69) is 5.32 Å². The van der Waals surface area contributed by atoms with Crippen molar-refractivity contribution >= 4 is 40.7 Å². The van der Waals surface area contributed by atoms with Gasteiger partial charge in [0.15, 0.2) is 6.10 Å². The minimum Gasteiger partial charge on any atom is -0.481 e. The average Bonchev–Trinajstić information content (AvgIpc) is 3.18. The number of hydrogen-bond donors (Lipinski definition) is 1. The number of nitrogens with zero attached hydrogens (tertiary/aromatic N) is 1. The summed E-state index contributed by atoms with van der Waals surface area (Å²) in [6, 6.07) is 10.1. The number of rotatable bonds is 5. The maximum atomic E-state index is 12.8. The van der Waals surface area contributed by atoms with Crippen LogP contribution in [0.5, 0.6) is 5.75 Å². The first kappa shape index (κ1) is 20.5. The van der Waals surface area contributed by atoms with Gasteiger partial charge in [0.1, 0.15) is 5.75 Å². The molecule has 28 heavy (non-hydrogen) atoms. The lowest BCUT2D eigenvalue weighted by atomic mass is 10.1. The van der Waals surface area contributed by atoms with Gasteiger partial charge >= 0.3 is 0 Å². The molecule has 1 atom stereocenters. The third-order valence-corrected chi connectivity index (χ3v) is 5.14. The number of benzene rings is 2. The molecule has 1 aliphatic heterocycles. The van der Waals surface area contributed by atoms with Crippen LogP contribution in [0, 0.1) is 6.92 Å². The lowest BCUT2D eigenvalue weighted by molar-refractivity contribution is -0.122. The summed E-state index contributed by atoms with van der Waals surface area (Å²) >= 11 is 12.0. The third kappa shape index (κ3) is 4.78. The summed E-state index contributed by atoms with van der Waals surface area (Å²) in [7, 11) is 0. The highest BCUT2D eigenvalue weighted by atomic mass is 35.5. The molecule has 1 heterocycles. The molecule has 148 valence electrons. The normalized spacial score (nSPS) is 14.6. The highest BCUT2D eigenvalue weighted by Crippen LogP contribution is 2.26. The van der Waals surface area contributed by atoms with Crippen molar-refractivity contribution in [3.05, 3.63) is 57.6 Å². The Labute approximate surface area is 174 Å². The third-order valence-electron chi connectivity index (χ3n) is 4.67. The van der Waals surface area contributed by atoms with E-state index < -0.39 is 6.10 Å². The van der Waals surface area contributed by atoms with Crippen molar-refractivity contribution in [3.63, 3.8) is 0 Å². The highest BCUT2D eigenvalue weighted by molar-refractivity contribution is 6.31. The van der Waals surface area contributed by atoms with E-state index in [0.29, 0.717) is 27.0 Å². The fourth-order valence-corrected chi connectivity index (χ4v) is 3.52. The van der Waals surface area contributed by atoms with E-state index in [1.165, 1.54) is 0 Å². The molecule has 0 unspecified atom stereocenters. The van der Waals surface area contributed by atoms with Crippen molar-refractivity contribution in [1.82, 2.24) is 4.90 Å². The Morgan fingerprint density at radius 3 is 2.39 bits per heavy atom. The number of halogens is 2. The molecule has 2 aromatic rings. The summed E-state index contributed by atoms with van der Waals surface area (Å²) in [4.78, 5) is 27.2. The van der Waals surface area contributed by atoms with Gasteiger partial charge in [0.05, 0.1) is 11.3 Å². The van der Waals surface area contributed by atoms with Crippen molar-refractivity contribution in [2.75, 3.05) is 18.4 Å². The molecule has 0 aliphatic carbocycles. The van der Waals surface area contributed by atoms with Gasteiger partial charge in [-0.25, -0.2) is 0 Å². The number of amides is 2. The summed E-state index contributed by atoms with van der Waals surface area (Å²) in [5.41, 5.74) is 1.65. The summed E-state index contributed by atoms with van der Waals surface area (Å²) < 4.78 is 5.77. The average molecular weight is 421 g/mol. The molecule has 5 nitrogen and oxygen atoms in total. The smallest absolute Gasteiger partial charge is 0.265 e. The van der Waals surface area contributed by atoms with E-state index in [0.717, 1.165) is 31.5 Å². The van der Waals surface area contributed by atoms with E-state index in [9.17, 15) is 9.59 Å². The highest BCUT2D eigenvalue weighted by Gasteiger charge is 2.24. The summed E-state index contributed by atoms with van der Waals surface area (Å²) in [6.07, 6.45) is 1.21. The molecule has 0 aromatic heterocycles. The zero-order chi connectivity index (χ0) is 20.3. The summed E-state index contributed by atoms with van der Waals surface area (Å²) in [5.74, 6) is 0.102. The van der Waals surface area contributed by atoms with Gasteiger partial charge in [0.2, 0.25) is 0 Å². The summed E-state index contributed by atoms with van der Waals surface area (Å²) in [5, 5.41) is 3.83. The first-order chi connectivity index (χ1) is 13.3. The van der Waals surface area contributed by atoms with Crippen LogP contribution >= 0.6 is 23.2 Å². The molecule has 0 bridgehead atoms. The molecule has 1 N–H and O–H groups in total. The molecule has 0 spiro atoms. The molecule has 0 saturated carbocycles. The lowest BCUT2D eigenvalue weighted by Crippen LogP contribution is -2.32. The van der Waals surface area contributed by atoms with Gasteiger partial charge < -0.3 is 15.0 Å². The second-order valence-electron chi connectivity index (χ2n) is 6.85. The standard InChI is InChI=1S/C21H22Cl2N2O3/c1-13-11-15(22)6-8-19(13)28-14(2)20(26)24-18-12-16(23)5-7-17(18)21(27)25-9-3-4-10-25/h5-8,11-12,14H,3-4,9-10H2,1-2H3,(H,24,26)/t14-/m0/s1. The van der Waals surface area contributed by atoms with E-state index in [4.69, 9.17) is 27.9 Å². The van der Waals surface area contributed by atoms with Crippen LogP contribution in [-0.4, -0.2) is 35.9 Å². The van der Waals surface area contributed by atoms with Crippen LogP contribution in [0.15, 0.2) is 36.4 Å². The molecule has 0 radical (unpaired) electrons. The second-order valence-corrected chi connectivity index (χ2v) is 7.72. The number of aryl methyl sites for hydroxylation is 1. The van der Waals surface area contributed by atoms with Crippen molar-refractivity contribution in [2.45, 2.75) is 32.8 Å². The SMILES string of the molecule is Cc1cc(Cl)ccc1O[C@@H](C)C(=O)Nc1cc(Cl)ccc1C(=O)N1CCCC1. The molecule has 1 saturated heterocycles. The predicted molar refractivity (Wildman–Crippen MR) is 111 cm³/mol. The topological polar surface area (TPSA) is 58.6 Å². The minimum atomic E-state index is -0.770. The quantitative estimate of drug-likeness (QED) is 0.744. The number of likely N-dealkylation sites (tertiary alicyclic amines) is 1.